The molecule has 10 heteroatoms. The monoisotopic (exact) mass is 426 g/mol. The first-order valence-corrected chi connectivity index (χ1v) is 9.37. The predicted molar refractivity (Wildman–Crippen MR) is 106 cm³/mol. The number of rotatable bonds is 8. The topological polar surface area (TPSA) is 98.9 Å². The Balaban J connectivity index is 1.83. The lowest BCUT2D eigenvalue weighted by molar-refractivity contribution is -0.137. The molecule has 0 saturated heterocycles. The van der Waals surface area contributed by atoms with Crippen LogP contribution in [0.4, 0.5) is 13.2 Å². The number of aliphatic imine (C=N–C) groups is 1. The summed E-state index contributed by atoms with van der Waals surface area (Å²) >= 11 is 0. The molecule has 0 aliphatic heterocycles. The second-order valence-electron chi connectivity index (χ2n) is 6.70. The second-order valence-corrected chi connectivity index (χ2v) is 6.70. The van der Waals surface area contributed by atoms with Crippen molar-refractivity contribution >= 4 is 11.9 Å². The van der Waals surface area contributed by atoms with Crippen LogP contribution in [0.15, 0.2) is 52.1 Å². The molecule has 1 atom stereocenters. The lowest BCUT2D eigenvalue weighted by Gasteiger charge is -2.19. The number of nitrogens with zero attached hydrogens (tertiary/aromatic N) is 1. The zero-order chi connectivity index (χ0) is 22.2. The van der Waals surface area contributed by atoms with Gasteiger partial charge in [-0.1, -0.05) is 0 Å². The Morgan fingerprint density at radius 3 is 2.33 bits per heavy atom. The predicted octanol–water partition coefficient (Wildman–Crippen LogP) is 2.49. The maximum atomic E-state index is 12.6. The van der Waals surface area contributed by atoms with Crippen LogP contribution in [0.3, 0.4) is 0 Å². The van der Waals surface area contributed by atoms with Crippen LogP contribution < -0.4 is 16.0 Å². The number of nitrogens with one attached hydrogen (secondary N) is 3. The molecule has 4 N–H and O–H groups in total. The van der Waals surface area contributed by atoms with Gasteiger partial charge in [-0.25, -0.2) is 4.99 Å². The third-order valence-corrected chi connectivity index (χ3v) is 4.12. The molecular formula is C20H25F3N4O3. The van der Waals surface area contributed by atoms with Crippen molar-refractivity contribution in [3.05, 3.63) is 59.5 Å². The Bertz CT molecular complexity index is 832. The molecule has 0 saturated carbocycles. The van der Waals surface area contributed by atoms with Crippen molar-refractivity contribution in [3.63, 3.8) is 0 Å². The normalized spacial score (nSPS) is 14.1. The minimum atomic E-state index is -4.44. The maximum absolute atomic E-state index is 12.6. The molecule has 2 aromatic rings. The number of aliphatic hydroxyl groups is 1. The van der Waals surface area contributed by atoms with E-state index >= 15 is 0 Å². The fourth-order valence-corrected chi connectivity index (χ4v) is 2.51. The van der Waals surface area contributed by atoms with E-state index in [0.717, 1.165) is 24.3 Å². The summed E-state index contributed by atoms with van der Waals surface area (Å²) in [5.74, 6) is 0.354. The van der Waals surface area contributed by atoms with E-state index in [1.807, 2.05) is 6.92 Å². The molecule has 30 heavy (non-hydrogen) atoms. The number of hydrogen-bond donors (Lipinski definition) is 4. The van der Waals surface area contributed by atoms with Crippen LogP contribution in [0.25, 0.3) is 0 Å². The van der Waals surface area contributed by atoms with E-state index in [0.29, 0.717) is 24.8 Å². The molecular weight excluding hydrogens is 401 g/mol. The standard InChI is InChI=1S/C20H25F3N4O3/c1-3-24-18(27-13-19(2,29)16-5-4-12-30-16)26-11-10-25-17(28)14-6-8-15(9-7-14)20(21,22)23/h4-9,12,29H,3,10-11,13H2,1-2H3,(H,25,28)(H2,24,26,27). The maximum Gasteiger partial charge on any atom is 0.416 e. The van der Waals surface area contributed by atoms with E-state index in [9.17, 15) is 23.1 Å². The highest BCUT2D eigenvalue weighted by Gasteiger charge is 2.30. The Morgan fingerprint density at radius 1 is 1.10 bits per heavy atom. The van der Waals surface area contributed by atoms with Gasteiger partial charge >= 0.3 is 6.18 Å². The van der Waals surface area contributed by atoms with Crippen molar-refractivity contribution in [2.24, 2.45) is 4.99 Å². The lowest BCUT2D eigenvalue weighted by Crippen LogP contribution is -2.42. The number of benzene rings is 1. The SMILES string of the molecule is CCNC(=NCC(C)(O)c1ccco1)NCCNC(=O)c1ccc(C(F)(F)F)cc1. The van der Waals surface area contributed by atoms with Crippen LogP contribution >= 0.6 is 0 Å². The fraction of sp³-hybridized carbons (Fsp3) is 0.400. The summed E-state index contributed by atoms with van der Waals surface area (Å²) in [6, 6.07) is 7.34. The van der Waals surface area contributed by atoms with E-state index in [1.54, 1.807) is 19.1 Å². The number of carbonyl (C=O) groups is 1. The van der Waals surface area contributed by atoms with Crippen molar-refractivity contribution in [1.82, 2.24) is 16.0 Å². The van der Waals surface area contributed by atoms with E-state index in [1.165, 1.54) is 6.26 Å². The number of furan rings is 1. The average Bonchev–Trinajstić information content (AvgIpc) is 3.24. The molecule has 0 aliphatic carbocycles. The molecule has 0 fully saturated rings. The minimum Gasteiger partial charge on any atom is -0.466 e. The van der Waals surface area contributed by atoms with Gasteiger partial charge in [0.1, 0.15) is 11.4 Å². The van der Waals surface area contributed by atoms with Crippen molar-refractivity contribution in [2.75, 3.05) is 26.2 Å². The van der Waals surface area contributed by atoms with Gasteiger partial charge in [0.2, 0.25) is 0 Å². The van der Waals surface area contributed by atoms with Gasteiger partial charge in [0.25, 0.3) is 5.91 Å². The summed E-state index contributed by atoms with van der Waals surface area (Å²) in [5.41, 5.74) is -1.95. The average molecular weight is 426 g/mol. The second kappa shape index (κ2) is 10.1. The summed E-state index contributed by atoms with van der Waals surface area (Å²) in [6.07, 6.45) is -2.97. The highest BCUT2D eigenvalue weighted by molar-refractivity contribution is 5.94. The summed E-state index contributed by atoms with van der Waals surface area (Å²) < 4.78 is 42.9. The Labute approximate surface area is 172 Å². The molecule has 2 rings (SSSR count). The fourth-order valence-electron chi connectivity index (χ4n) is 2.51. The van der Waals surface area contributed by atoms with Crippen LogP contribution in [0.1, 0.15) is 35.5 Å². The van der Waals surface area contributed by atoms with Crippen molar-refractivity contribution in [3.8, 4) is 0 Å². The van der Waals surface area contributed by atoms with Gasteiger partial charge in [0.15, 0.2) is 5.96 Å². The number of hydrogen-bond acceptors (Lipinski definition) is 4. The van der Waals surface area contributed by atoms with Crippen molar-refractivity contribution in [1.29, 1.82) is 0 Å². The van der Waals surface area contributed by atoms with E-state index < -0.39 is 23.2 Å². The number of alkyl halides is 3. The molecule has 1 unspecified atom stereocenters. The lowest BCUT2D eigenvalue weighted by atomic mass is 10.0. The van der Waals surface area contributed by atoms with Gasteiger partial charge in [0.05, 0.1) is 18.4 Å². The molecule has 1 aromatic carbocycles. The summed E-state index contributed by atoms with van der Waals surface area (Å²) in [7, 11) is 0. The van der Waals surface area contributed by atoms with E-state index in [-0.39, 0.29) is 18.7 Å². The zero-order valence-electron chi connectivity index (χ0n) is 16.7. The first-order valence-electron chi connectivity index (χ1n) is 9.37. The molecule has 7 nitrogen and oxygen atoms in total. The van der Waals surface area contributed by atoms with Gasteiger partial charge in [-0.2, -0.15) is 13.2 Å². The quantitative estimate of drug-likeness (QED) is 0.295. The minimum absolute atomic E-state index is 0.0494. The molecule has 1 amide bonds. The summed E-state index contributed by atoms with van der Waals surface area (Å²) in [4.78, 5) is 16.4. The molecule has 164 valence electrons. The van der Waals surface area contributed by atoms with Crippen LogP contribution in [-0.4, -0.2) is 43.2 Å². The van der Waals surface area contributed by atoms with Crippen LogP contribution in [0.2, 0.25) is 0 Å². The summed E-state index contributed by atoms with van der Waals surface area (Å²) in [6.45, 7) is 4.65. The van der Waals surface area contributed by atoms with E-state index in [2.05, 4.69) is 20.9 Å². The van der Waals surface area contributed by atoms with Gasteiger partial charge in [0, 0.05) is 25.2 Å². The third kappa shape index (κ3) is 6.80. The zero-order valence-corrected chi connectivity index (χ0v) is 16.7. The number of guanidine groups is 1. The highest BCUT2D eigenvalue weighted by atomic mass is 19.4. The summed E-state index contributed by atoms with van der Waals surface area (Å²) in [5, 5.41) is 19.1. The Kier molecular flexibility index (Phi) is 7.87. The van der Waals surface area contributed by atoms with E-state index in [4.69, 9.17) is 4.42 Å². The highest BCUT2D eigenvalue weighted by Crippen LogP contribution is 2.29. The van der Waals surface area contributed by atoms with Crippen molar-refractivity contribution < 1.29 is 27.5 Å². The number of amides is 1. The van der Waals surface area contributed by atoms with Crippen molar-refractivity contribution in [2.45, 2.75) is 25.6 Å². The molecule has 1 aromatic heterocycles. The van der Waals surface area contributed by atoms with Gasteiger partial charge in [-0.05, 0) is 50.2 Å². The van der Waals surface area contributed by atoms with Gasteiger partial charge in [-0.15, -0.1) is 0 Å². The first kappa shape index (κ1) is 23.3. The number of carbonyl (C=O) groups excluding carboxylic acids is 1. The Hall–Kier alpha value is -3.01. The Morgan fingerprint density at radius 2 is 1.77 bits per heavy atom. The third-order valence-electron chi connectivity index (χ3n) is 4.12. The van der Waals surface area contributed by atoms with Crippen LogP contribution in [-0.2, 0) is 11.8 Å². The molecule has 0 radical (unpaired) electrons. The van der Waals surface area contributed by atoms with Gasteiger partial charge < -0.3 is 25.5 Å². The molecule has 0 aliphatic rings. The van der Waals surface area contributed by atoms with Crippen LogP contribution in [0.5, 0.6) is 0 Å². The molecule has 0 bridgehead atoms. The van der Waals surface area contributed by atoms with Gasteiger partial charge in [-0.3, -0.25) is 4.79 Å². The molecule has 1 heterocycles. The molecule has 0 spiro atoms. The number of halogens is 3. The smallest absolute Gasteiger partial charge is 0.416 e. The van der Waals surface area contributed by atoms with Crippen LogP contribution in [0, 0.1) is 0 Å². The first-order chi connectivity index (χ1) is 14.1. The largest absolute Gasteiger partial charge is 0.466 e.